The van der Waals surface area contributed by atoms with Crippen LogP contribution in [0.5, 0.6) is 0 Å². The zero-order valence-corrected chi connectivity index (χ0v) is 19.8. The Balaban J connectivity index is 1.58. The van der Waals surface area contributed by atoms with Crippen LogP contribution in [0.1, 0.15) is 46.9 Å². The minimum atomic E-state index is -0.493. The molecule has 2 heterocycles. The second-order valence-corrected chi connectivity index (χ2v) is 8.58. The molecule has 0 saturated carbocycles. The highest BCUT2D eigenvalue weighted by atomic mass is 16.6. The number of hydrogen-bond donors (Lipinski definition) is 1. The summed E-state index contributed by atoms with van der Waals surface area (Å²) in [4.78, 5) is 41.0. The molecule has 0 unspecified atom stereocenters. The van der Waals surface area contributed by atoms with Crippen molar-refractivity contribution in [3.63, 3.8) is 0 Å². The van der Waals surface area contributed by atoms with Crippen LogP contribution in [0.15, 0.2) is 36.4 Å². The number of nitro benzene ring substituents is 1. The van der Waals surface area contributed by atoms with Crippen LogP contribution < -0.4 is 15.1 Å². The molecular weight excluding hydrogens is 452 g/mol. The Bertz CT molecular complexity index is 1090. The fourth-order valence-corrected chi connectivity index (χ4v) is 4.37. The Morgan fingerprint density at radius 1 is 1.03 bits per heavy atom. The largest absolute Gasteiger partial charge is 0.462 e. The lowest BCUT2D eigenvalue weighted by Gasteiger charge is -2.30. The zero-order chi connectivity index (χ0) is 24.8. The Kier molecular flexibility index (Phi) is 7.81. The van der Waals surface area contributed by atoms with Gasteiger partial charge in [0.05, 0.1) is 36.0 Å². The van der Waals surface area contributed by atoms with E-state index in [1.54, 1.807) is 30.3 Å². The summed E-state index contributed by atoms with van der Waals surface area (Å²) in [5.74, 6) is -0.955. The van der Waals surface area contributed by atoms with Gasteiger partial charge < -0.3 is 24.6 Å². The first kappa shape index (κ1) is 24.5. The number of nitrogens with one attached hydrogen (secondary N) is 1. The van der Waals surface area contributed by atoms with Gasteiger partial charge in [0.2, 0.25) is 0 Å². The number of rotatable bonds is 8. The summed E-state index contributed by atoms with van der Waals surface area (Å²) in [6.45, 7) is 6.16. The summed E-state index contributed by atoms with van der Waals surface area (Å²) in [6.07, 6.45) is 2.67. The van der Waals surface area contributed by atoms with Gasteiger partial charge in [0.15, 0.2) is 0 Å². The van der Waals surface area contributed by atoms with E-state index in [-0.39, 0.29) is 11.3 Å². The van der Waals surface area contributed by atoms with E-state index in [9.17, 15) is 19.7 Å². The molecule has 4 rings (SSSR count). The van der Waals surface area contributed by atoms with E-state index in [4.69, 9.17) is 9.47 Å². The van der Waals surface area contributed by atoms with Gasteiger partial charge in [0.25, 0.3) is 11.6 Å². The fourth-order valence-electron chi connectivity index (χ4n) is 4.37. The highest BCUT2D eigenvalue weighted by Gasteiger charge is 2.25. The molecule has 2 aromatic rings. The van der Waals surface area contributed by atoms with E-state index in [1.165, 1.54) is 6.07 Å². The van der Waals surface area contributed by atoms with Crippen molar-refractivity contribution in [3.05, 3.63) is 57.6 Å². The van der Waals surface area contributed by atoms with Crippen LogP contribution >= 0.6 is 0 Å². The van der Waals surface area contributed by atoms with E-state index < -0.39 is 16.8 Å². The molecule has 0 aromatic heterocycles. The number of ether oxygens (including phenoxy) is 2. The van der Waals surface area contributed by atoms with Crippen LogP contribution in [0.3, 0.4) is 0 Å². The Morgan fingerprint density at radius 3 is 2.40 bits per heavy atom. The standard InChI is InChI=1S/C25H30N4O6/c1-2-13-35-25(31)20-17-19(6-8-21(20)28-11-14-34-15-12-28)26-24(30)18-5-7-22(23(16-18)29(32)33)27-9-3-4-10-27/h5-8,16-17H,2-4,9-15H2,1H3,(H,26,30). The van der Waals surface area contributed by atoms with E-state index in [0.29, 0.717) is 56.3 Å². The lowest BCUT2D eigenvalue weighted by molar-refractivity contribution is -0.384. The summed E-state index contributed by atoms with van der Waals surface area (Å²) in [6, 6.07) is 9.62. The van der Waals surface area contributed by atoms with Crippen molar-refractivity contribution in [2.24, 2.45) is 0 Å². The quantitative estimate of drug-likeness (QED) is 0.343. The van der Waals surface area contributed by atoms with Crippen molar-refractivity contribution in [2.75, 3.05) is 61.1 Å². The smallest absolute Gasteiger partial charge is 0.340 e. The van der Waals surface area contributed by atoms with E-state index >= 15 is 0 Å². The monoisotopic (exact) mass is 482 g/mol. The molecule has 10 heteroatoms. The van der Waals surface area contributed by atoms with Gasteiger partial charge in [-0.05, 0) is 49.6 Å². The van der Waals surface area contributed by atoms with Gasteiger partial charge >= 0.3 is 5.97 Å². The number of carbonyl (C=O) groups is 2. The molecule has 0 radical (unpaired) electrons. The second kappa shape index (κ2) is 11.2. The van der Waals surface area contributed by atoms with E-state index in [0.717, 1.165) is 31.6 Å². The third-order valence-corrected chi connectivity index (χ3v) is 6.14. The number of hydrogen-bond acceptors (Lipinski definition) is 8. The summed E-state index contributed by atoms with van der Waals surface area (Å²) < 4.78 is 10.8. The normalized spacial score (nSPS) is 15.7. The summed E-state index contributed by atoms with van der Waals surface area (Å²) in [5.41, 5.74) is 2.09. The molecule has 2 aromatic carbocycles. The number of esters is 1. The maximum absolute atomic E-state index is 13.0. The molecule has 2 aliphatic rings. The zero-order valence-electron chi connectivity index (χ0n) is 19.8. The molecule has 1 amide bonds. The first-order valence-corrected chi connectivity index (χ1v) is 12.0. The molecule has 0 bridgehead atoms. The third kappa shape index (κ3) is 5.71. The predicted octanol–water partition coefficient (Wildman–Crippen LogP) is 3.85. The van der Waals surface area contributed by atoms with Crippen LogP contribution in [-0.2, 0) is 9.47 Å². The molecule has 1 N–H and O–H groups in total. The minimum absolute atomic E-state index is 0.0916. The maximum Gasteiger partial charge on any atom is 0.340 e. The summed E-state index contributed by atoms with van der Waals surface area (Å²) in [5, 5.41) is 14.5. The topological polar surface area (TPSA) is 114 Å². The Labute approximate surface area is 203 Å². The van der Waals surface area contributed by atoms with Gasteiger partial charge in [0.1, 0.15) is 5.69 Å². The van der Waals surface area contributed by atoms with Gasteiger partial charge in [-0.2, -0.15) is 0 Å². The van der Waals surface area contributed by atoms with Gasteiger partial charge in [-0.25, -0.2) is 4.79 Å². The van der Waals surface area contributed by atoms with Crippen molar-refractivity contribution in [3.8, 4) is 0 Å². The second-order valence-electron chi connectivity index (χ2n) is 8.58. The average molecular weight is 483 g/mol. The number of nitrogens with zero attached hydrogens (tertiary/aromatic N) is 3. The number of nitro groups is 1. The molecule has 2 saturated heterocycles. The summed E-state index contributed by atoms with van der Waals surface area (Å²) >= 11 is 0. The molecule has 2 fully saturated rings. The highest BCUT2D eigenvalue weighted by Crippen LogP contribution is 2.32. The molecule has 0 aliphatic carbocycles. The molecular formula is C25H30N4O6. The van der Waals surface area contributed by atoms with E-state index in [1.807, 2.05) is 11.8 Å². The van der Waals surface area contributed by atoms with Gasteiger partial charge in [-0.15, -0.1) is 0 Å². The van der Waals surface area contributed by atoms with Crippen LogP contribution in [0, 0.1) is 10.1 Å². The van der Waals surface area contributed by atoms with E-state index in [2.05, 4.69) is 10.2 Å². The lowest BCUT2D eigenvalue weighted by Crippen LogP contribution is -2.37. The molecule has 2 aliphatic heterocycles. The highest BCUT2D eigenvalue weighted by molar-refractivity contribution is 6.06. The number of benzene rings is 2. The number of anilines is 3. The number of morpholine rings is 1. The minimum Gasteiger partial charge on any atom is -0.462 e. The van der Waals surface area contributed by atoms with Crippen LogP contribution in [0.25, 0.3) is 0 Å². The molecule has 186 valence electrons. The van der Waals surface area contributed by atoms with Crippen molar-refractivity contribution in [2.45, 2.75) is 26.2 Å². The third-order valence-electron chi connectivity index (χ3n) is 6.14. The molecule has 10 nitrogen and oxygen atoms in total. The Hall–Kier alpha value is -3.66. The molecule has 0 atom stereocenters. The Morgan fingerprint density at radius 2 is 1.71 bits per heavy atom. The average Bonchev–Trinajstić information content (AvgIpc) is 3.42. The summed E-state index contributed by atoms with van der Waals surface area (Å²) in [7, 11) is 0. The van der Waals surface area contributed by atoms with Crippen LogP contribution in [0.2, 0.25) is 0 Å². The lowest BCUT2D eigenvalue weighted by atomic mass is 10.1. The first-order chi connectivity index (χ1) is 17.0. The van der Waals surface area contributed by atoms with Crippen LogP contribution in [-0.4, -0.2) is 62.8 Å². The van der Waals surface area contributed by atoms with Crippen molar-refractivity contribution >= 4 is 34.6 Å². The van der Waals surface area contributed by atoms with Gasteiger partial charge in [0, 0.05) is 43.5 Å². The van der Waals surface area contributed by atoms with Crippen molar-refractivity contribution in [1.29, 1.82) is 0 Å². The number of amides is 1. The molecule has 35 heavy (non-hydrogen) atoms. The van der Waals surface area contributed by atoms with Crippen molar-refractivity contribution in [1.82, 2.24) is 0 Å². The van der Waals surface area contributed by atoms with Crippen LogP contribution in [0.4, 0.5) is 22.7 Å². The van der Waals surface area contributed by atoms with Crippen molar-refractivity contribution < 1.29 is 24.0 Å². The molecule has 0 spiro atoms. The van der Waals surface area contributed by atoms with Gasteiger partial charge in [-0.3, -0.25) is 14.9 Å². The first-order valence-electron chi connectivity index (χ1n) is 12.0. The maximum atomic E-state index is 13.0. The van der Waals surface area contributed by atoms with Gasteiger partial charge in [-0.1, -0.05) is 6.92 Å². The fraction of sp³-hybridized carbons (Fsp3) is 0.440. The SMILES string of the molecule is CCCOC(=O)c1cc(NC(=O)c2ccc(N3CCCC3)c([N+](=O)[O-])c2)ccc1N1CCOCC1. The number of carbonyl (C=O) groups excluding carboxylic acids is 2. The predicted molar refractivity (Wildman–Crippen MR) is 133 cm³/mol.